The summed E-state index contributed by atoms with van der Waals surface area (Å²) in [6.45, 7) is 2.01. The van der Waals surface area contributed by atoms with Gasteiger partial charge in [0.2, 0.25) is 0 Å². The van der Waals surface area contributed by atoms with Crippen molar-refractivity contribution in [2.24, 2.45) is 0 Å². The van der Waals surface area contributed by atoms with Gasteiger partial charge in [-0.1, -0.05) is 29.8 Å². The van der Waals surface area contributed by atoms with Crippen molar-refractivity contribution in [1.82, 2.24) is 14.6 Å². The second kappa shape index (κ2) is 4.23. The molecule has 4 heteroatoms. The van der Waals surface area contributed by atoms with Crippen molar-refractivity contribution >= 4 is 5.52 Å². The Kier molecular flexibility index (Phi) is 2.57. The van der Waals surface area contributed by atoms with Crippen LogP contribution in [0.5, 0.6) is 0 Å². The summed E-state index contributed by atoms with van der Waals surface area (Å²) in [5.74, 6) is 0. The molecule has 1 atom stereocenters. The first kappa shape index (κ1) is 10.9. The maximum Gasteiger partial charge on any atom is 0.108 e. The monoisotopic (exact) mass is 239 g/mol. The predicted octanol–water partition coefficient (Wildman–Crippen LogP) is 2.12. The van der Waals surface area contributed by atoms with Crippen LogP contribution >= 0.6 is 0 Å². The van der Waals surface area contributed by atoms with Crippen LogP contribution in [0.15, 0.2) is 49.1 Å². The molecule has 0 spiro atoms. The number of aromatic nitrogens is 3. The molecular formula is C14H13N3O. The highest BCUT2D eigenvalue weighted by Gasteiger charge is 2.15. The molecule has 0 aliphatic rings. The van der Waals surface area contributed by atoms with E-state index in [4.69, 9.17) is 0 Å². The summed E-state index contributed by atoms with van der Waals surface area (Å²) in [4.78, 5) is 4.07. The quantitative estimate of drug-likeness (QED) is 0.745. The average Bonchev–Trinajstić information content (AvgIpc) is 2.82. The molecule has 1 aromatic carbocycles. The second-order valence-electron chi connectivity index (χ2n) is 4.32. The fraction of sp³-hybridized carbons (Fsp3) is 0.143. The highest BCUT2D eigenvalue weighted by molar-refractivity contribution is 5.55. The van der Waals surface area contributed by atoms with Crippen LogP contribution in [0.25, 0.3) is 5.52 Å². The van der Waals surface area contributed by atoms with Crippen molar-refractivity contribution in [3.05, 3.63) is 65.7 Å². The van der Waals surface area contributed by atoms with Crippen LogP contribution in [0.1, 0.15) is 22.8 Å². The molecule has 0 saturated carbocycles. The van der Waals surface area contributed by atoms with E-state index in [0.29, 0.717) is 0 Å². The van der Waals surface area contributed by atoms with Crippen LogP contribution in [0.2, 0.25) is 0 Å². The molecular weight excluding hydrogens is 226 g/mol. The van der Waals surface area contributed by atoms with Crippen molar-refractivity contribution in [2.75, 3.05) is 0 Å². The molecule has 0 aliphatic heterocycles. The van der Waals surface area contributed by atoms with Gasteiger partial charge in [-0.05, 0) is 12.5 Å². The Labute approximate surface area is 105 Å². The molecule has 0 fully saturated rings. The third kappa shape index (κ3) is 1.76. The van der Waals surface area contributed by atoms with Gasteiger partial charge in [0.1, 0.15) is 6.10 Å². The maximum atomic E-state index is 10.4. The van der Waals surface area contributed by atoms with Gasteiger partial charge in [-0.25, -0.2) is 4.52 Å². The van der Waals surface area contributed by atoms with Crippen LogP contribution in [-0.2, 0) is 0 Å². The predicted molar refractivity (Wildman–Crippen MR) is 68.2 cm³/mol. The minimum atomic E-state index is -0.674. The highest BCUT2D eigenvalue weighted by atomic mass is 16.3. The molecule has 0 radical (unpaired) electrons. The largest absolute Gasteiger partial charge is 0.384 e. The molecule has 3 aromatic rings. The zero-order chi connectivity index (χ0) is 12.5. The van der Waals surface area contributed by atoms with E-state index < -0.39 is 6.10 Å². The smallest absolute Gasteiger partial charge is 0.108 e. The van der Waals surface area contributed by atoms with E-state index in [9.17, 15) is 5.11 Å². The molecule has 4 nitrogen and oxygen atoms in total. The van der Waals surface area contributed by atoms with Gasteiger partial charge in [0.05, 0.1) is 17.9 Å². The van der Waals surface area contributed by atoms with E-state index in [1.807, 2.05) is 31.2 Å². The molecule has 0 saturated heterocycles. The molecule has 0 amide bonds. The first-order chi connectivity index (χ1) is 8.75. The average molecular weight is 239 g/mol. The Bertz CT molecular complexity index is 690. The van der Waals surface area contributed by atoms with Crippen molar-refractivity contribution < 1.29 is 5.11 Å². The van der Waals surface area contributed by atoms with Gasteiger partial charge in [0, 0.05) is 18.0 Å². The van der Waals surface area contributed by atoms with Crippen LogP contribution in [0.4, 0.5) is 0 Å². The molecule has 18 heavy (non-hydrogen) atoms. The van der Waals surface area contributed by atoms with E-state index in [0.717, 1.165) is 22.2 Å². The second-order valence-corrected chi connectivity index (χ2v) is 4.32. The lowest BCUT2D eigenvalue weighted by Gasteiger charge is -2.10. The topological polar surface area (TPSA) is 50.4 Å². The van der Waals surface area contributed by atoms with Crippen LogP contribution in [0.3, 0.4) is 0 Å². The van der Waals surface area contributed by atoms with Gasteiger partial charge in [0.25, 0.3) is 0 Å². The highest BCUT2D eigenvalue weighted by Crippen LogP contribution is 2.25. The van der Waals surface area contributed by atoms with Gasteiger partial charge >= 0.3 is 0 Å². The van der Waals surface area contributed by atoms with E-state index in [-0.39, 0.29) is 0 Å². The fourth-order valence-corrected chi connectivity index (χ4v) is 2.08. The lowest BCUT2D eigenvalue weighted by atomic mass is 10.0. The van der Waals surface area contributed by atoms with Gasteiger partial charge < -0.3 is 5.11 Å². The summed E-state index contributed by atoms with van der Waals surface area (Å²) in [6, 6.07) is 7.84. The SMILES string of the molecule is Cc1cccc(C(O)c2cnn3ccncc23)c1. The Hall–Kier alpha value is -2.20. The molecule has 0 bridgehead atoms. The Morgan fingerprint density at radius 1 is 1.28 bits per heavy atom. The minimum absolute atomic E-state index is 0.674. The number of aliphatic hydroxyl groups excluding tert-OH is 1. The summed E-state index contributed by atoms with van der Waals surface area (Å²) in [6.07, 6.45) is 6.15. The standard InChI is InChI=1S/C14H13N3O/c1-10-3-2-4-11(7-10)14(18)12-8-16-17-6-5-15-9-13(12)17/h2-9,14,18H,1H3. The van der Waals surface area contributed by atoms with E-state index in [1.54, 1.807) is 29.3 Å². The van der Waals surface area contributed by atoms with Crippen LogP contribution < -0.4 is 0 Å². The fourth-order valence-electron chi connectivity index (χ4n) is 2.08. The summed E-state index contributed by atoms with van der Waals surface area (Å²) in [5.41, 5.74) is 3.59. The number of fused-ring (bicyclic) bond motifs is 1. The molecule has 1 unspecified atom stereocenters. The summed E-state index contributed by atoms with van der Waals surface area (Å²) < 4.78 is 1.71. The minimum Gasteiger partial charge on any atom is -0.384 e. The zero-order valence-electron chi connectivity index (χ0n) is 9.99. The summed E-state index contributed by atoms with van der Waals surface area (Å²) >= 11 is 0. The lowest BCUT2D eigenvalue weighted by molar-refractivity contribution is 0.221. The third-order valence-electron chi connectivity index (χ3n) is 3.01. The van der Waals surface area contributed by atoms with Crippen molar-refractivity contribution in [3.63, 3.8) is 0 Å². The Balaban J connectivity index is 2.09. The number of hydrogen-bond donors (Lipinski definition) is 1. The maximum absolute atomic E-state index is 10.4. The summed E-state index contributed by atoms with van der Waals surface area (Å²) in [5, 5.41) is 14.6. The first-order valence-electron chi connectivity index (χ1n) is 5.77. The molecule has 2 aromatic heterocycles. The zero-order valence-corrected chi connectivity index (χ0v) is 9.99. The van der Waals surface area contributed by atoms with Crippen LogP contribution in [-0.4, -0.2) is 19.7 Å². The van der Waals surface area contributed by atoms with Crippen molar-refractivity contribution in [2.45, 2.75) is 13.0 Å². The Morgan fingerprint density at radius 3 is 3.00 bits per heavy atom. The van der Waals surface area contributed by atoms with E-state index in [1.165, 1.54) is 0 Å². The number of aliphatic hydroxyl groups is 1. The number of benzene rings is 1. The van der Waals surface area contributed by atoms with E-state index in [2.05, 4.69) is 10.1 Å². The molecule has 2 heterocycles. The number of hydrogen-bond acceptors (Lipinski definition) is 3. The van der Waals surface area contributed by atoms with E-state index >= 15 is 0 Å². The van der Waals surface area contributed by atoms with Gasteiger partial charge in [-0.3, -0.25) is 4.98 Å². The van der Waals surface area contributed by atoms with Crippen LogP contribution in [0, 0.1) is 6.92 Å². The third-order valence-corrected chi connectivity index (χ3v) is 3.01. The summed E-state index contributed by atoms with van der Waals surface area (Å²) in [7, 11) is 0. The molecule has 0 aliphatic carbocycles. The number of rotatable bonds is 2. The lowest BCUT2D eigenvalue weighted by Crippen LogP contribution is -1.99. The number of aryl methyl sites for hydroxylation is 1. The van der Waals surface area contributed by atoms with Gasteiger partial charge in [-0.2, -0.15) is 5.10 Å². The van der Waals surface area contributed by atoms with Gasteiger partial charge in [0.15, 0.2) is 0 Å². The van der Waals surface area contributed by atoms with Crippen molar-refractivity contribution in [3.8, 4) is 0 Å². The molecule has 1 N–H and O–H groups in total. The number of nitrogens with zero attached hydrogens (tertiary/aromatic N) is 3. The normalized spacial score (nSPS) is 12.8. The van der Waals surface area contributed by atoms with Gasteiger partial charge in [-0.15, -0.1) is 0 Å². The Morgan fingerprint density at radius 2 is 2.17 bits per heavy atom. The molecule has 3 rings (SSSR count). The first-order valence-corrected chi connectivity index (χ1v) is 5.77. The van der Waals surface area contributed by atoms with Crippen molar-refractivity contribution in [1.29, 1.82) is 0 Å². The molecule has 90 valence electrons.